The van der Waals surface area contributed by atoms with Gasteiger partial charge in [0.15, 0.2) is 0 Å². The Hall–Kier alpha value is -1.47. The molecule has 0 fully saturated rings. The van der Waals surface area contributed by atoms with Gasteiger partial charge in [0.2, 0.25) is 0 Å². The number of halogens is 3. The minimum Gasteiger partial charge on any atom is -0.320 e. The second kappa shape index (κ2) is 4.37. The lowest BCUT2D eigenvalue weighted by molar-refractivity contribution is -0.137. The van der Waals surface area contributed by atoms with Crippen molar-refractivity contribution in [2.75, 3.05) is 6.54 Å². The molecular formula is C11H10F3N. The average molecular weight is 213 g/mol. The molecule has 0 spiro atoms. The summed E-state index contributed by atoms with van der Waals surface area (Å²) in [5.74, 6) is 5.10. The molecule has 0 heterocycles. The normalized spacial score (nSPS) is 10.7. The van der Waals surface area contributed by atoms with Crippen LogP contribution in [0.4, 0.5) is 13.2 Å². The second-order valence-corrected chi connectivity index (χ2v) is 3.09. The molecule has 0 radical (unpaired) electrons. The van der Waals surface area contributed by atoms with Crippen molar-refractivity contribution in [3.8, 4) is 11.8 Å². The Labute approximate surface area is 86.1 Å². The van der Waals surface area contributed by atoms with Gasteiger partial charge in [0, 0.05) is 5.56 Å². The summed E-state index contributed by atoms with van der Waals surface area (Å²) in [6, 6.07) is 3.71. The molecular weight excluding hydrogens is 203 g/mol. The van der Waals surface area contributed by atoms with E-state index in [1.54, 1.807) is 13.0 Å². The maximum atomic E-state index is 12.4. The van der Waals surface area contributed by atoms with E-state index in [0.717, 1.165) is 12.1 Å². The van der Waals surface area contributed by atoms with Crippen LogP contribution in [-0.4, -0.2) is 6.54 Å². The third kappa shape index (κ3) is 3.30. The van der Waals surface area contributed by atoms with E-state index in [0.29, 0.717) is 11.1 Å². The first-order valence-electron chi connectivity index (χ1n) is 4.31. The van der Waals surface area contributed by atoms with Gasteiger partial charge in [0.05, 0.1) is 12.1 Å². The molecule has 0 saturated carbocycles. The Morgan fingerprint density at radius 2 is 1.93 bits per heavy atom. The molecule has 80 valence electrons. The number of hydrogen-bond donors (Lipinski definition) is 1. The van der Waals surface area contributed by atoms with Crippen molar-refractivity contribution in [1.82, 2.24) is 0 Å². The fraction of sp³-hybridized carbons (Fsp3) is 0.273. The van der Waals surface area contributed by atoms with Gasteiger partial charge < -0.3 is 5.73 Å². The van der Waals surface area contributed by atoms with E-state index in [9.17, 15) is 13.2 Å². The van der Waals surface area contributed by atoms with E-state index in [1.807, 2.05) is 0 Å². The van der Waals surface area contributed by atoms with E-state index >= 15 is 0 Å². The highest BCUT2D eigenvalue weighted by Gasteiger charge is 2.30. The topological polar surface area (TPSA) is 26.0 Å². The molecule has 0 saturated heterocycles. The van der Waals surface area contributed by atoms with Gasteiger partial charge in [-0.15, -0.1) is 0 Å². The van der Waals surface area contributed by atoms with Crippen molar-refractivity contribution in [3.05, 3.63) is 34.9 Å². The molecule has 0 aliphatic carbocycles. The highest BCUT2D eigenvalue weighted by Crippen LogP contribution is 2.30. The lowest BCUT2D eigenvalue weighted by Gasteiger charge is -2.07. The Balaban J connectivity index is 3.17. The van der Waals surface area contributed by atoms with Crippen LogP contribution in [0.3, 0.4) is 0 Å². The first kappa shape index (κ1) is 11.6. The van der Waals surface area contributed by atoms with E-state index in [2.05, 4.69) is 11.8 Å². The predicted molar refractivity (Wildman–Crippen MR) is 52.1 cm³/mol. The molecule has 0 bridgehead atoms. The van der Waals surface area contributed by atoms with Gasteiger partial charge in [-0.3, -0.25) is 0 Å². The fourth-order valence-electron chi connectivity index (χ4n) is 1.17. The van der Waals surface area contributed by atoms with Crippen LogP contribution in [0, 0.1) is 18.8 Å². The van der Waals surface area contributed by atoms with Crippen LogP contribution in [0.5, 0.6) is 0 Å². The molecule has 15 heavy (non-hydrogen) atoms. The zero-order valence-electron chi connectivity index (χ0n) is 8.15. The monoisotopic (exact) mass is 213 g/mol. The maximum Gasteiger partial charge on any atom is 0.416 e. The van der Waals surface area contributed by atoms with Crippen molar-refractivity contribution in [1.29, 1.82) is 0 Å². The molecule has 0 aromatic heterocycles. The van der Waals surface area contributed by atoms with Crippen molar-refractivity contribution in [3.63, 3.8) is 0 Å². The van der Waals surface area contributed by atoms with Gasteiger partial charge in [-0.05, 0) is 30.7 Å². The Morgan fingerprint density at radius 3 is 2.47 bits per heavy atom. The van der Waals surface area contributed by atoms with Crippen LogP contribution in [-0.2, 0) is 6.18 Å². The number of hydrogen-bond acceptors (Lipinski definition) is 1. The van der Waals surface area contributed by atoms with E-state index < -0.39 is 11.7 Å². The second-order valence-electron chi connectivity index (χ2n) is 3.09. The number of benzene rings is 1. The van der Waals surface area contributed by atoms with Gasteiger partial charge in [0.25, 0.3) is 0 Å². The summed E-state index contributed by atoms with van der Waals surface area (Å²) in [6.07, 6.45) is -4.33. The third-order valence-corrected chi connectivity index (χ3v) is 1.74. The van der Waals surface area contributed by atoms with Crippen LogP contribution < -0.4 is 5.73 Å². The molecule has 1 aromatic carbocycles. The summed E-state index contributed by atoms with van der Waals surface area (Å²) in [5, 5.41) is 0. The highest BCUT2D eigenvalue weighted by atomic mass is 19.4. The maximum absolute atomic E-state index is 12.4. The summed E-state index contributed by atoms with van der Waals surface area (Å²) in [4.78, 5) is 0. The number of nitrogens with two attached hydrogens (primary N) is 1. The van der Waals surface area contributed by atoms with Gasteiger partial charge in [-0.1, -0.05) is 11.8 Å². The van der Waals surface area contributed by atoms with Crippen LogP contribution >= 0.6 is 0 Å². The SMILES string of the molecule is Cc1cc(C#CCN)cc(C(F)(F)F)c1. The molecule has 0 amide bonds. The zero-order valence-corrected chi connectivity index (χ0v) is 8.15. The molecule has 1 nitrogen and oxygen atoms in total. The van der Waals surface area contributed by atoms with Crippen molar-refractivity contribution in [2.45, 2.75) is 13.1 Å². The predicted octanol–water partition coefficient (Wildman–Crippen LogP) is 2.32. The number of aryl methyl sites for hydroxylation is 1. The van der Waals surface area contributed by atoms with Crippen LogP contribution in [0.2, 0.25) is 0 Å². The Bertz CT molecular complexity index is 410. The fourth-order valence-corrected chi connectivity index (χ4v) is 1.17. The molecule has 4 heteroatoms. The largest absolute Gasteiger partial charge is 0.416 e. The summed E-state index contributed by atoms with van der Waals surface area (Å²) < 4.78 is 37.2. The smallest absolute Gasteiger partial charge is 0.320 e. The lowest BCUT2D eigenvalue weighted by atomic mass is 10.1. The van der Waals surface area contributed by atoms with Crippen LogP contribution in [0.25, 0.3) is 0 Å². The van der Waals surface area contributed by atoms with E-state index in [1.165, 1.54) is 0 Å². The quantitative estimate of drug-likeness (QED) is 0.657. The third-order valence-electron chi connectivity index (χ3n) is 1.74. The molecule has 0 aliphatic heterocycles. The Kier molecular flexibility index (Phi) is 3.38. The van der Waals surface area contributed by atoms with Gasteiger partial charge in [-0.2, -0.15) is 13.2 Å². The minimum atomic E-state index is -4.33. The van der Waals surface area contributed by atoms with Crippen molar-refractivity contribution in [2.24, 2.45) is 5.73 Å². The first-order valence-corrected chi connectivity index (χ1v) is 4.31. The number of alkyl halides is 3. The summed E-state index contributed by atoms with van der Waals surface area (Å²) in [7, 11) is 0. The van der Waals surface area contributed by atoms with Gasteiger partial charge in [0.1, 0.15) is 0 Å². The first-order chi connectivity index (χ1) is 6.93. The summed E-state index contributed by atoms with van der Waals surface area (Å²) in [5.41, 5.74) is 5.34. The average Bonchev–Trinajstić information content (AvgIpc) is 2.12. The summed E-state index contributed by atoms with van der Waals surface area (Å²) in [6.45, 7) is 1.73. The van der Waals surface area contributed by atoms with Crippen molar-refractivity contribution < 1.29 is 13.2 Å². The summed E-state index contributed by atoms with van der Waals surface area (Å²) >= 11 is 0. The van der Waals surface area contributed by atoms with Gasteiger partial charge in [-0.25, -0.2) is 0 Å². The Morgan fingerprint density at radius 1 is 1.27 bits per heavy atom. The van der Waals surface area contributed by atoms with Gasteiger partial charge >= 0.3 is 6.18 Å². The molecule has 0 unspecified atom stereocenters. The highest BCUT2D eigenvalue weighted by molar-refractivity contribution is 5.41. The van der Waals surface area contributed by atoms with E-state index in [-0.39, 0.29) is 6.54 Å². The standard InChI is InChI=1S/C11H10F3N/c1-8-5-9(3-2-4-15)7-10(6-8)11(12,13)14/h5-7H,4,15H2,1H3. The number of rotatable bonds is 0. The molecule has 0 atom stereocenters. The van der Waals surface area contributed by atoms with Crippen LogP contribution in [0.1, 0.15) is 16.7 Å². The molecule has 1 aromatic rings. The lowest BCUT2D eigenvalue weighted by Crippen LogP contribution is -2.05. The van der Waals surface area contributed by atoms with Crippen molar-refractivity contribution >= 4 is 0 Å². The molecule has 1 rings (SSSR count). The van der Waals surface area contributed by atoms with E-state index in [4.69, 9.17) is 5.73 Å². The minimum absolute atomic E-state index is 0.134. The van der Waals surface area contributed by atoms with Crippen LogP contribution in [0.15, 0.2) is 18.2 Å². The zero-order chi connectivity index (χ0) is 11.5. The molecule has 0 aliphatic rings. The molecule has 2 N–H and O–H groups in total.